The van der Waals surface area contributed by atoms with Crippen LogP contribution >= 0.6 is 0 Å². The zero-order valence-electron chi connectivity index (χ0n) is 21.2. The van der Waals surface area contributed by atoms with E-state index in [0.29, 0.717) is 0 Å². The van der Waals surface area contributed by atoms with Crippen molar-refractivity contribution < 1.29 is 0 Å². The number of benzene rings is 2. The fraction of sp³-hybridized carbons (Fsp3) is 0.533. The van der Waals surface area contributed by atoms with Crippen LogP contribution in [0.15, 0.2) is 46.4 Å². The SMILES string of the molecule is CCCCCCCCC(C=Nc1cc(CC)cc(CC)c1)=Nc1cc(CC)cc(CC)c1. The Labute approximate surface area is 197 Å². The summed E-state index contributed by atoms with van der Waals surface area (Å²) in [5, 5.41) is 0. The maximum absolute atomic E-state index is 5.08. The van der Waals surface area contributed by atoms with Crippen molar-refractivity contribution in [1.82, 2.24) is 0 Å². The lowest BCUT2D eigenvalue weighted by molar-refractivity contribution is 0.616. The number of hydrogen-bond acceptors (Lipinski definition) is 2. The van der Waals surface area contributed by atoms with Gasteiger partial charge < -0.3 is 0 Å². The summed E-state index contributed by atoms with van der Waals surface area (Å²) >= 11 is 0. The summed E-state index contributed by atoms with van der Waals surface area (Å²) < 4.78 is 0. The van der Waals surface area contributed by atoms with Gasteiger partial charge in [0, 0.05) is 6.21 Å². The lowest BCUT2D eigenvalue weighted by atomic mass is 10.0. The molecule has 0 amide bonds. The van der Waals surface area contributed by atoms with Crippen molar-refractivity contribution in [3.05, 3.63) is 58.7 Å². The first-order chi connectivity index (χ1) is 15.6. The molecule has 32 heavy (non-hydrogen) atoms. The second-order valence-corrected chi connectivity index (χ2v) is 8.81. The molecule has 0 bridgehead atoms. The molecule has 0 unspecified atom stereocenters. The quantitative estimate of drug-likeness (QED) is 0.210. The number of hydrogen-bond donors (Lipinski definition) is 0. The van der Waals surface area contributed by atoms with Crippen LogP contribution < -0.4 is 0 Å². The van der Waals surface area contributed by atoms with Crippen molar-refractivity contribution in [3.63, 3.8) is 0 Å². The minimum atomic E-state index is 0.988. The first-order valence-electron chi connectivity index (χ1n) is 13.0. The van der Waals surface area contributed by atoms with Crippen molar-refractivity contribution in [2.24, 2.45) is 9.98 Å². The highest BCUT2D eigenvalue weighted by Gasteiger charge is 2.03. The molecular formula is C30H44N2. The van der Waals surface area contributed by atoms with E-state index in [-0.39, 0.29) is 0 Å². The smallest absolute Gasteiger partial charge is 0.0639 e. The fourth-order valence-electron chi connectivity index (χ4n) is 3.99. The summed E-state index contributed by atoms with van der Waals surface area (Å²) in [4.78, 5) is 9.96. The summed E-state index contributed by atoms with van der Waals surface area (Å²) in [6, 6.07) is 13.5. The van der Waals surface area contributed by atoms with Crippen LogP contribution in [-0.2, 0) is 25.7 Å². The Morgan fingerprint density at radius 2 is 1.06 bits per heavy atom. The van der Waals surface area contributed by atoms with Gasteiger partial charge in [-0.15, -0.1) is 0 Å². The Kier molecular flexibility index (Phi) is 12.0. The van der Waals surface area contributed by atoms with Gasteiger partial charge in [0.2, 0.25) is 0 Å². The molecule has 0 aliphatic heterocycles. The molecule has 0 radical (unpaired) electrons. The molecule has 0 aromatic heterocycles. The predicted octanol–water partition coefficient (Wildman–Crippen LogP) is 9.16. The van der Waals surface area contributed by atoms with Gasteiger partial charge >= 0.3 is 0 Å². The number of aryl methyl sites for hydroxylation is 4. The van der Waals surface area contributed by atoms with Crippen LogP contribution in [0.1, 0.15) is 102 Å². The maximum atomic E-state index is 5.08. The zero-order valence-corrected chi connectivity index (χ0v) is 21.2. The molecule has 174 valence electrons. The van der Waals surface area contributed by atoms with E-state index in [9.17, 15) is 0 Å². The van der Waals surface area contributed by atoms with Crippen LogP contribution in [0, 0.1) is 0 Å². The molecule has 2 nitrogen and oxygen atoms in total. The van der Waals surface area contributed by atoms with Crippen LogP contribution in [0.4, 0.5) is 11.4 Å². The van der Waals surface area contributed by atoms with Crippen molar-refractivity contribution in [2.75, 3.05) is 0 Å². The van der Waals surface area contributed by atoms with Crippen LogP contribution in [0.25, 0.3) is 0 Å². The van der Waals surface area contributed by atoms with Crippen molar-refractivity contribution >= 4 is 23.3 Å². The van der Waals surface area contributed by atoms with E-state index in [1.807, 2.05) is 6.21 Å². The van der Waals surface area contributed by atoms with Crippen molar-refractivity contribution in [3.8, 4) is 0 Å². The molecule has 2 rings (SSSR count). The molecule has 2 aromatic rings. The second-order valence-electron chi connectivity index (χ2n) is 8.81. The lowest BCUT2D eigenvalue weighted by Gasteiger charge is -2.07. The summed E-state index contributed by atoms with van der Waals surface area (Å²) in [7, 11) is 0. The molecule has 0 spiro atoms. The van der Waals surface area contributed by atoms with Gasteiger partial charge in [0.15, 0.2) is 0 Å². The van der Waals surface area contributed by atoms with Crippen LogP contribution in [0.2, 0.25) is 0 Å². The number of unbranched alkanes of at least 4 members (excludes halogenated alkanes) is 5. The van der Waals surface area contributed by atoms with E-state index in [4.69, 9.17) is 9.98 Å². The van der Waals surface area contributed by atoms with Gasteiger partial charge in [-0.3, -0.25) is 9.98 Å². The topological polar surface area (TPSA) is 24.7 Å². The van der Waals surface area contributed by atoms with E-state index >= 15 is 0 Å². The van der Waals surface area contributed by atoms with Gasteiger partial charge in [-0.25, -0.2) is 0 Å². The normalized spacial score (nSPS) is 12.1. The van der Waals surface area contributed by atoms with E-state index in [0.717, 1.165) is 49.2 Å². The van der Waals surface area contributed by atoms with Crippen LogP contribution in [0.5, 0.6) is 0 Å². The summed E-state index contributed by atoms with van der Waals surface area (Å²) in [6.07, 6.45) is 14.9. The van der Waals surface area contributed by atoms with E-state index in [2.05, 4.69) is 71.0 Å². The summed E-state index contributed by atoms with van der Waals surface area (Å²) in [5.41, 5.74) is 8.65. The van der Waals surface area contributed by atoms with E-state index in [1.54, 1.807) is 0 Å². The Hall–Kier alpha value is -2.22. The highest BCUT2D eigenvalue weighted by atomic mass is 14.8. The highest BCUT2D eigenvalue weighted by molar-refractivity contribution is 6.31. The number of aliphatic imine (C=N–C) groups is 2. The third-order valence-corrected chi connectivity index (χ3v) is 6.13. The minimum absolute atomic E-state index is 0.988. The summed E-state index contributed by atoms with van der Waals surface area (Å²) in [5.74, 6) is 0. The van der Waals surface area contributed by atoms with Crippen molar-refractivity contribution in [1.29, 1.82) is 0 Å². The zero-order chi connectivity index (χ0) is 23.2. The maximum Gasteiger partial charge on any atom is 0.0639 e. The molecule has 0 fully saturated rings. The monoisotopic (exact) mass is 432 g/mol. The molecule has 0 N–H and O–H groups in total. The van der Waals surface area contributed by atoms with Gasteiger partial charge in [0.25, 0.3) is 0 Å². The Morgan fingerprint density at radius 3 is 1.56 bits per heavy atom. The molecule has 0 saturated heterocycles. The van der Waals surface area contributed by atoms with Gasteiger partial charge in [-0.1, -0.05) is 78.9 Å². The molecule has 2 heteroatoms. The molecule has 0 atom stereocenters. The predicted molar refractivity (Wildman–Crippen MR) is 144 cm³/mol. The third kappa shape index (κ3) is 9.10. The van der Waals surface area contributed by atoms with E-state index < -0.39 is 0 Å². The molecule has 0 saturated carbocycles. The number of rotatable bonds is 14. The molecule has 2 aromatic carbocycles. The van der Waals surface area contributed by atoms with Gasteiger partial charge in [-0.05, 0) is 85.0 Å². The first-order valence-corrected chi connectivity index (χ1v) is 13.0. The Morgan fingerprint density at radius 1 is 0.594 bits per heavy atom. The van der Waals surface area contributed by atoms with Gasteiger partial charge in [0.05, 0.1) is 17.1 Å². The second kappa shape index (κ2) is 14.8. The standard InChI is InChI=1S/C30H44N2/c1-6-11-12-13-14-15-16-28(32-30-21-26(9-4)18-27(10-5)22-30)23-31-29-19-24(7-2)17-25(8-3)20-29/h17-23H,6-16H2,1-5H3. The number of nitrogens with zero attached hydrogens (tertiary/aromatic N) is 2. The Balaban J connectivity index is 2.26. The average Bonchev–Trinajstić information content (AvgIpc) is 2.83. The molecule has 0 heterocycles. The molecule has 0 aliphatic carbocycles. The average molecular weight is 433 g/mol. The van der Waals surface area contributed by atoms with Gasteiger partial charge in [-0.2, -0.15) is 0 Å². The largest absolute Gasteiger partial charge is 0.255 e. The first kappa shape index (κ1) is 26.0. The summed E-state index contributed by atoms with van der Waals surface area (Å²) in [6.45, 7) is 11.1. The van der Waals surface area contributed by atoms with Gasteiger partial charge in [0.1, 0.15) is 0 Å². The van der Waals surface area contributed by atoms with Crippen LogP contribution in [0.3, 0.4) is 0 Å². The minimum Gasteiger partial charge on any atom is -0.255 e. The van der Waals surface area contributed by atoms with Crippen LogP contribution in [-0.4, -0.2) is 11.9 Å². The van der Waals surface area contributed by atoms with E-state index in [1.165, 1.54) is 60.8 Å². The molecule has 0 aliphatic rings. The third-order valence-electron chi connectivity index (χ3n) is 6.13. The lowest BCUT2D eigenvalue weighted by Crippen LogP contribution is -2.00. The molecular weight excluding hydrogens is 388 g/mol. The Bertz CT molecular complexity index is 832. The fourth-order valence-corrected chi connectivity index (χ4v) is 3.99. The van der Waals surface area contributed by atoms with Crippen molar-refractivity contribution in [2.45, 2.75) is 105 Å². The highest BCUT2D eigenvalue weighted by Crippen LogP contribution is 2.22.